The minimum atomic E-state index is 0.396. The summed E-state index contributed by atoms with van der Waals surface area (Å²) in [6.45, 7) is 0. The minimum Gasteiger partial charge on any atom is -0.381 e. The second-order valence-electron chi connectivity index (χ2n) is 1.48. The van der Waals surface area contributed by atoms with Crippen LogP contribution in [0.2, 0.25) is 0 Å². The Bertz CT molecular complexity index is 215. The maximum absolute atomic E-state index is 5.44. The highest BCUT2D eigenvalue weighted by Gasteiger charge is 2.03. The molecule has 1 aromatic heterocycles. The van der Waals surface area contributed by atoms with Crippen LogP contribution in [-0.2, 0) is 0 Å². The van der Waals surface area contributed by atoms with Crippen molar-refractivity contribution in [2.45, 2.75) is 0 Å². The lowest BCUT2D eigenvalue weighted by Gasteiger charge is -1.97. The topological polar surface area (TPSA) is 51.8 Å². The predicted octanol–water partition coefficient (Wildman–Crippen LogP) is 2.19. The first-order chi connectivity index (χ1) is 4.61. The van der Waals surface area contributed by atoms with Crippen molar-refractivity contribution >= 4 is 60.3 Å². The van der Waals surface area contributed by atoms with Gasteiger partial charge in [-0.25, -0.2) is 9.97 Å². The molecule has 1 rings (SSSR count). The summed E-state index contributed by atoms with van der Waals surface area (Å²) in [6, 6.07) is 0. The van der Waals surface area contributed by atoms with E-state index in [1.165, 1.54) is 0 Å². The highest BCUT2D eigenvalue weighted by atomic mass is 127. The molecule has 0 saturated carbocycles. The quantitative estimate of drug-likeness (QED) is 0.704. The van der Waals surface area contributed by atoms with Gasteiger partial charge in [0.25, 0.3) is 0 Å². The van der Waals surface area contributed by atoms with Gasteiger partial charge in [-0.2, -0.15) is 0 Å². The summed E-state index contributed by atoms with van der Waals surface area (Å²) in [5.41, 5.74) is 5.44. The number of hydrogen-bond acceptors (Lipinski definition) is 3. The van der Waals surface area contributed by atoms with Gasteiger partial charge in [-0.3, -0.25) is 0 Å². The van der Waals surface area contributed by atoms with Crippen molar-refractivity contribution in [3.8, 4) is 0 Å². The van der Waals surface area contributed by atoms with Gasteiger partial charge in [0.2, 0.25) is 0 Å². The molecule has 0 unspecified atom stereocenters. The van der Waals surface area contributed by atoms with E-state index in [2.05, 4.69) is 64.4 Å². The zero-order valence-electron chi connectivity index (χ0n) is 4.61. The molecule has 54 valence electrons. The monoisotopic (exact) mass is 377 g/mol. The lowest BCUT2D eigenvalue weighted by Crippen LogP contribution is -1.96. The van der Waals surface area contributed by atoms with Crippen molar-refractivity contribution in [2.75, 3.05) is 5.73 Å². The molecule has 2 N–H and O–H groups in total. The van der Waals surface area contributed by atoms with Crippen LogP contribution in [0, 0.1) is 3.70 Å². The van der Waals surface area contributed by atoms with E-state index in [1.54, 1.807) is 0 Å². The zero-order valence-corrected chi connectivity index (χ0v) is 9.94. The summed E-state index contributed by atoms with van der Waals surface area (Å²) in [5, 5.41) is 0. The Morgan fingerprint density at radius 3 is 2.30 bits per heavy atom. The van der Waals surface area contributed by atoms with Crippen LogP contribution in [0.4, 0.5) is 5.82 Å². The van der Waals surface area contributed by atoms with Gasteiger partial charge in [0.15, 0.2) is 5.82 Å². The van der Waals surface area contributed by atoms with Crippen LogP contribution in [0.3, 0.4) is 0 Å². The predicted molar refractivity (Wildman–Crippen MR) is 54.6 cm³/mol. The summed E-state index contributed by atoms with van der Waals surface area (Å²) in [6.07, 6.45) is 0. The fraction of sp³-hybridized carbons (Fsp3) is 0. The van der Waals surface area contributed by atoms with E-state index in [4.69, 9.17) is 5.73 Å². The molecule has 0 aliphatic heterocycles. The fourth-order valence-corrected chi connectivity index (χ4v) is 1.63. The molecule has 10 heavy (non-hydrogen) atoms. The van der Waals surface area contributed by atoms with Crippen molar-refractivity contribution in [1.82, 2.24) is 9.97 Å². The van der Waals surface area contributed by atoms with E-state index in [9.17, 15) is 0 Å². The van der Waals surface area contributed by atoms with Crippen molar-refractivity contribution in [3.63, 3.8) is 0 Å². The van der Waals surface area contributed by atoms with Crippen molar-refractivity contribution in [1.29, 1.82) is 0 Å². The van der Waals surface area contributed by atoms with E-state index >= 15 is 0 Å². The minimum absolute atomic E-state index is 0.396. The van der Waals surface area contributed by atoms with Gasteiger partial charge in [0.05, 0.1) is 0 Å². The van der Waals surface area contributed by atoms with Crippen LogP contribution in [0.25, 0.3) is 0 Å². The molecule has 6 heteroatoms. The van der Waals surface area contributed by atoms with Gasteiger partial charge < -0.3 is 5.73 Å². The largest absolute Gasteiger partial charge is 0.381 e. The SMILES string of the molecule is Nc1nc(Br)c(I)nc1Br. The van der Waals surface area contributed by atoms with Gasteiger partial charge in [0, 0.05) is 0 Å². The van der Waals surface area contributed by atoms with E-state index in [0.29, 0.717) is 15.0 Å². The Morgan fingerprint density at radius 2 is 1.80 bits per heavy atom. The lowest BCUT2D eigenvalue weighted by molar-refractivity contribution is 1.10. The number of nitrogen functional groups attached to an aromatic ring is 1. The normalized spacial score (nSPS) is 9.90. The molecule has 0 aliphatic carbocycles. The van der Waals surface area contributed by atoms with Gasteiger partial charge in [-0.05, 0) is 54.5 Å². The Labute approximate surface area is 88.2 Å². The van der Waals surface area contributed by atoms with Gasteiger partial charge in [-0.1, -0.05) is 0 Å². The van der Waals surface area contributed by atoms with Gasteiger partial charge in [-0.15, -0.1) is 0 Å². The van der Waals surface area contributed by atoms with E-state index < -0.39 is 0 Å². The fourth-order valence-electron chi connectivity index (χ4n) is 0.388. The molecular formula is C4H2Br2IN3. The number of rotatable bonds is 0. The zero-order chi connectivity index (χ0) is 7.72. The number of aromatic nitrogens is 2. The Morgan fingerprint density at radius 1 is 1.20 bits per heavy atom. The molecule has 0 radical (unpaired) electrons. The molecule has 0 atom stereocenters. The second kappa shape index (κ2) is 3.31. The smallest absolute Gasteiger partial charge is 0.158 e. The van der Waals surface area contributed by atoms with Crippen LogP contribution < -0.4 is 5.73 Å². The molecule has 0 fully saturated rings. The summed E-state index contributed by atoms with van der Waals surface area (Å²) >= 11 is 8.41. The van der Waals surface area contributed by atoms with Crippen LogP contribution >= 0.6 is 54.5 Å². The van der Waals surface area contributed by atoms with Gasteiger partial charge in [0.1, 0.15) is 12.9 Å². The van der Waals surface area contributed by atoms with Crippen LogP contribution in [0.1, 0.15) is 0 Å². The highest BCUT2D eigenvalue weighted by molar-refractivity contribution is 14.1. The summed E-state index contributed by atoms with van der Waals surface area (Å²) in [5.74, 6) is 0.396. The molecular weight excluding hydrogens is 377 g/mol. The standard InChI is InChI=1S/C4H2Br2IN3/c5-1-3(7)9-2(6)4(8)10-1/h(H2,8,10). The van der Waals surface area contributed by atoms with Crippen molar-refractivity contribution in [2.24, 2.45) is 0 Å². The maximum Gasteiger partial charge on any atom is 0.158 e. The third-order valence-electron chi connectivity index (χ3n) is 0.797. The summed E-state index contributed by atoms with van der Waals surface area (Å²) in [4.78, 5) is 7.99. The molecule has 0 aromatic carbocycles. The molecule has 3 nitrogen and oxygen atoms in total. The maximum atomic E-state index is 5.44. The Hall–Kier alpha value is 0.570. The second-order valence-corrected chi connectivity index (χ2v) is 4.01. The third-order valence-corrected chi connectivity index (χ3v) is 3.43. The Kier molecular flexibility index (Phi) is 2.87. The molecule has 0 saturated heterocycles. The molecule has 0 aliphatic rings. The highest BCUT2D eigenvalue weighted by Crippen LogP contribution is 2.21. The first-order valence-corrected chi connectivity index (χ1v) is 4.91. The number of halogens is 3. The average Bonchev–Trinajstić information content (AvgIpc) is 1.84. The average molecular weight is 379 g/mol. The first kappa shape index (κ1) is 8.66. The Balaban J connectivity index is 3.28. The molecule has 1 aromatic rings. The third kappa shape index (κ3) is 1.79. The van der Waals surface area contributed by atoms with Gasteiger partial charge >= 0.3 is 0 Å². The molecule has 1 heterocycles. The molecule has 0 amide bonds. The number of nitrogens with zero attached hydrogens (tertiary/aromatic N) is 2. The van der Waals surface area contributed by atoms with E-state index in [-0.39, 0.29) is 0 Å². The molecule has 0 spiro atoms. The lowest BCUT2D eigenvalue weighted by atomic mass is 10.7. The van der Waals surface area contributed by atoms with E-state index in [0.717, 1.165) is 3.70 Å². The van der Waals surface area contributed by atoms with Crippen LogP contribution in [-0.4, -0.2) is 9.97 Å². The number of anilines is 1. The molecule has 0 bridgehead atoms. The summed E-state index contributed by atoms with van der Waals surface area (Å²) < 4.78 is 2.05. The van der Waals surface area contributed by atoms with Crippen LogP contribution in [0.5, 0.6) is 0 Å². The van der Waals surface area contributed by atoms with Crippen molar-refractivity contribution < 1.29 is 0 Å². The summed E-state index contributed by atoms with van der Waals surface area (Å²) in [7, 11) is 0. The van der Waals surface area contributed by atoms with E-state index in [1.807, 2.05) is 0 Å². The number of hydrogen-bond donors (Lipinski definition) is 1. The van der Waals surface area contributed by atoms with Crippen LogP contribution in [0.15, 0.2) is 9.21 Å². The van der Waals surface area contributed by atoms with Crippen molar-refractivity contribution in [3.05, 3.63) is 12.9 Å². The number of nitrogens with two attached hydrogens (primary N) is 1. The first-order valence-electron chi connectivity index (χ1n) is 2.25.